The Morgan fingerprint density at radius 3 is 2.53 bits per heavy atom. The molecule has 1 amide bonds. The lowest BCUT2D eigenvalue weighted by molar-refractivity contribution is 0.0949. The van der Waals surface area contributed by atoms with Crippen molar-refractivity contribution in [3.63, 3.8) is 0 Å². The normalized spacial score (nSPS) is 19.4. The van der Waals surface area contributed by atoms with Gasteiger partial charge in [-0.25, -0.2) is 13.1 Å². The molecule has 4 rings (SSSR count). The molecular formula is C23H27N3O3S. The minimum Gasteiger partial charge on any atom is -0.351 e. The minimum atomic E-state index is -3.28. The Kier molecular flexibility index (Phi) is 5.66. The van der Waals surface area contributed by atoms with Crippen LogP contribution in [0.25, 0.3) is 21.8 Å². The molecular weight excluding hydrogens is 398 g/mol. The SMILES string of the molecule is CCn1c2ccccc2c2cc(C(=O)NCC3C=CC(S(=O)(=O)NC)CC3)ccc21. The molecule has 0 aliphatic heterocycles. The van der Waals surface area contributed by atoms with Crippen LogP contribution >= 0.6 is 0 Å². The van der Waals surface area contributed by atoms with Gasteiger partial charge in [0.05, 0.1) is 5.25 Å². The molecule has 158 valence electrons. The van der Waals surface area contributed by atoms with Gasteiger partial charge in [-0.3, -0.25) is 4.79 Å². The van der Waals surface area contributed by atoms with Crippen LogP contribution in [0.3, 0.4) is 0 Å². The van der Waals surface area contributed by atoms with E-state index in [2.05, 4.69) is 33.7 Å². The summed E-state index contributed by atoms with van der Waals surface area (Å²) in [5.41, 5.74) is 2.94. The second-order valence-corrected chi connectivity index (χ2v) is 9.82. The molecule has 0 spiro atoms. The van der Waals surface area contributed by atoms with E-state index in [1.807, 2.05) is 36.4 Å². The Labute approximate surface area is 177 Å². The molecule has 2 atom stereocenters. The van der Waals surface area contributed by atoms with Crippen LogP contribution in [0.2, 0.25) is 0 Å². The van der Waals surface area contributed by atoms with Gasteiger partial charge in [0.2, 0.25) is 10.0 Å². The number of aromatic nitrogens is 1. The fourth-order valence-electron chi connectivity index (χ4n) is 4.29. The summed E-state index contributed by atoms with van der Waals surface area (Å²) in [6, 6.07) is 14.1. The van der Waals surface area contributed by atoms with Crippen LogP contribution < -0.4 is 10.0 Å². The third-order valence-electron chi connectivity index (χ3n) is 5.98. The fraction of sp³-hybridized carbons (Fsp3) is 0.348. The molecule has 1 heterocycles. The predicted molar refractivity (Wildman–Crippen MR) is 121 cm³/mol. The summed E-state index contributed by atoms with van der Waals surface area (Å²) in [5.74, 6) is 0.0339. The van der Waals surface area contributed by atoms with Gasteiger partial charge in [0.1, 0.15) is 0 Å². The van der Waals surface area contributed by atoms with Crippen molar-refractivity contribution in [2.75, 3.05) is 13.6 Å². The number of para-hydroxylation sites is 1. The average molecular weight is 426 g/mol. The Morgan fingerprint density at radius 2 is 1.83 bits per heavy atom. The topological polar surface area (TPSA) is 80.2 Å². The van der Waals surface area contributed by atoms with E-state index in [1.165, 1.54) is 12.6 Å². The number of amides is 1. The van der Waals surface area contributed by atoms with Crippen molar-refractivity contribution in [2.45, 2.75) is 31.6 Å². The molecule has 0 saturated carbocycles. The molecule has 0 radical (unpaired) electrons. The zero-order valence-corrected chi connectivity index (χ0v) is 18.1. The summed E-state index contributed by atoms with van der Waals surface area (Å²) in [5, 5.41) is 4.75. The van der Waals surface area contributed by atoms with Gasteiger partial charge in [-0.2, -0.15) is 0 Å². The number of rotatable bonds is 6. The van der Waals surface area contributed by atoms with Gasteiger partial charge in [-0.1, -0.05) is 30.4 Å². The molecule has 0 bridgehead atoms. The van der Waals surface area contributed by atoms with Crippen LogP contribution in [0, 0.1) is 5.92 Å². The second kappa shape index (κ2) is 8.24. The summed E-state index contributed by atoms with van der Waals surface area (Å²) in [7, 11) is -1.85. The number of nitrogens with one attached hydrogen (secondary N) is 2. The molecule has 2 N–H and O–H groups in total. The second-order valence-electron chi connectivity index (χ2n) is 7.71. The van der Waals surface area contributed by atoms with Crippen LogP contribution in [0.5, 0.6) is 0 Å². The maximum absolute atomic E-state index is 12.8. The summed E-state index contributed by atoms with van der Waals surface area (Å²) in [6.45, 7) is 3.49. The Bertz CT molecular complexity index is 1230. The lowest BCUT2D eigenvalue weighted by Gasteiger charge is -2.22. The molecule has 1 aromatic heterocycles. The van der Waals surface area contributed by atoms with Crippen molar-refractivity contribution in [3.8, 4) is 0 Å². The van der Waals surface area contributed by atoms with Crippen molar-refractivity contribution < 1.29 is 13.2 Å². The predicted octanol–water partition coefficient (Wildman–Crippen LogP) is 3.43. The third kappa shape index (κ3) is 3.75. The monoisotopic (exact) mass is 425 g/mol. The molecule has 7 heteroatoms. The van der Waals surface area contributed by atoms with E-state index in [1.54, 1.807) is 6.08 Å². The van der Waals surface area contributed by atoms with Gasteiger partial charge >= 0.3 is 0 Å². The molecule has 0 saturated heterocycles. The first-order chi connectivity index (χ1) is 14.4. The van der Waals surface area contributed by atoms with E-state index < -0.39 is 15.3 Å². The Balaban J connectivity index is 1.49. The molecule has 2 unspecified atom stereocenters. The molecule has 3 aromatic rings. The van der Waals surface area contributed by atoms with E-state index in [0.29, 0.717) is 18.5 Å². The number of aryl methyl sites for hydroxylation is 1. The summed E-state index contributed by atoms with van der Waals surface area (Å²) in [6.07, 6.45) is 4.92. The van der Waals surface area contributed by atoms with Crippen molar-refractivity contribution >= 4 is 37.7 Å². The molecule has 1 aliphatic carbocycles. The number of fused-ring (bicyclic) bond motifs is 3. The number of hydrogen-bond acceptors (Lipinski definition) is 3. The van der Waals surface area contributed by atoms with Crippen molar-refractivity contribution in [1.29, 1.82) is 0 Å². The van der Waals surface area contributed by atoms with Crippen LogP contribution in [-0.4, -0.2) is 37.7 Å². The molecule has 2 aromatic carbocycles. The van der Waals surface area contributed by atoms with E-state index in [0.717, 1.165) is 29.3 Å². The van der Waals surface area contributed by atoms with Gasteiger partial charge in [0.15, 0.2) is 0 Å². The lowest BCUT2D eigenvalue weighted by atomic mass is 9.95. The number of nitrogens with zero attached hydrogens (tertiary/aromatic N) is 1. The first kappa shape index (κ1) is 20.6. The number of benzene rings is 2. The summed E-state index contributed by atoms with van der Waals surface area (Å²) < 4.78 is 28.4. The maximum atomic E-state index is 12.8. The third-order valence-corrected chi connectivity index (χ3v) is 7.74. The maximum Gasteiger partial charge on any atom is 0.251 e. The largest absolute Gasteiger partial charge is 0.351 e. The lowest BCUT2D eigenvalue weighted by Crippen LogP contribution is -2.35. The van der Waals surface area contributed by atoms with Crippen LogP contribution in [-0.2, 0) is 16.6 Å². The minimum absolute atomic E-state index is 0.108. The van der Waals surface area contributed by atoms with Crippen LogP contribution in [0.1, 0.15) is 30.1 Å². The van der Waals surface area contributed by atoms with E-state index in [9.17, 15) is 13.2 Å². The highest BCUT2D eigenvalue weighted by Gasteiger charge is 2.25. The Hall–Kier alpha value is -2.64. The first-order valence-corrected chi connectivity index (χ1v) is 11.9. The van der Waals surface area contributed by atoms with Gasteiger partial charge in [0.25, 0.3) is 5.91 Å². The van der Waals surface area contributed by atoms with E-state index >= 15 is 0 Å². The van der Waals surface area contributed by atoms with E-state index in [-0.39, 0.29) is 11.8 Å². The highest BCUT2D eigenvalue weighted by molar-refractivity contribution is 7.90. The number of sulfonamides is 1. The van der Waals surface area contributed by atoms with Gasteiger partial charge in [-0.15, -0.1) is 0 Å². The fourth-order valence-corrected chi connectivity index (χ4v) is 5.34. The average Bonchev–Trinajstić information content (AvgIpc) is 3.10. The zero-order valence-electron chi connectivity index (χ0n) is 17.3. The van der Waals surface area contributed by atoms with Crippen molar-refractivity contribution in [3.05, 3.63) is 60.2 Å². The smallest absolute Gasteiger partial charge is 0.251 e. The standard InChI is InChI=1S/C23H27N3O3S/c1-3-26-21-7-5-4-6-19(21)20-14-17(10-13-22(20)26)23(27)25-15-16-8-11-18(12-9-16)30(28,29)24-2/h4-8,10-11,13-14,16,18,24H,3,9,12,15H2,1-2H3,(H,25,27). The first-order valence-electron chi connectivity index (χ1n) is 10.3. The molecule has 6 nitrogen and oxygen atoms in total. The van der Waals surface area contributed by atoms with Gasteiger partial charge < -0.3 is 9.88 Å². The molecule has 30 heavy (non-hydrogen) atoms. The number of hydrogen-bond donors (Lipinski definition) is 2. The van der Waals surface area contributed by atoms with Crippen LogP contribution in [0.4, 0.5) is 0 Å². The highest BCUT2D eigenvalue weighted by atomic mass is 32.2. The van der Waals surface area contributed by atoms with Crippen molar-refractivity contribution in [2.24, 2.45) is 5.92 Å². The summed E-state index contributed by atoms with van der Waals surface area (Å²) >= 11 is 0. The zero-order chi connectivity index (χ0) is 21.3. The molecule has 1 aliphatic rings. The van der Waals surface area contributed by atoms with E-state index in [4.69, 9.17) is 0 Å². The molecule has 0 fully saturated rings. The Morgan fingerprint density at radius 1 is 1.07 bits per heavy atom. The van der Waals surface area contributed by atoms with Gasteiger partial charge in [0, 0.05) is 40.5 Å². The highest BCUT2D eigenvalue weighted by Crippen LogP contribution is 2.29. The quantitative estimate of drug-likeness (QED) is 0.594. The van der Waals surface area contributed by atoms with Crippen LogP contribution in [0.15, 0.2) is 54.6 Å². The van der Waals surface area contributed by atoms with Gasteiger partial charge in [-0.05, 0) is 57.0 Å². The number of carbonyl (C=O) groups is 1. The number of carbonyl (C=O) groups excluding carboxylic acids is 1. The van der Waals surface area contributed by atoms with Crippen molar-refractivity contribution in [1.82, 2.24) is 14.6 Å². The summed E-state index contributed by atoms with van der Waals surface area (Å²) in [4.78, 5) is 12.8.